The zero-order chi connectivity index (χ0) is 15.4. The lowest BCUT2D eigenvalue weighted by Crippen LogP contribution is -2.41. The lowest BCUT2D eigenvalue weighted by atomic mass is 9.87. The first-order valence-corrected chi connectivity index (χ1v) is 8.32. The molecular formula is C15H21NO4S. The lowest BCUT2D eigenvalue weighted by molar-refractivity contribution is 0.0696. The summed E-state index contributed by atoms with van der Waals surface area (Å²) in [5.41, 5.74) is 2.41. The first kappa shape index (κ1) is 16.1. The third kappa shape index (κ3) is 3.90. The topological polar surface area (TPSA) is 77.8 Å². The molecule has 5 nitrogen and oxygen atoms in total. The Morgan fingerprint density at radius 3 is 2.81 bits per heavy atom. The molecule has 0 heterocycles. The third-order valence-electron chi connectivity index (χ3n) is 4.00. The molecule has 1 aromatic carbocycles. The predicted octanol–water partition coefficient (Wildman–Crippen LogP) is 2.48. The maximum Gasteiger partial charge on any atom is 0.335 e. The van der Waals surface area contributed by atoms with E-state index in [2.05, 4.69) is 0 Å². The van der Waals surface area contributed by atoms with E-state index in [0.717, 1.165) is 36.8 Å². The van der Waals surface area contributed by atoms with Crippen LogP contribution in [0.3, 0.4) is 0 Å². The van der Waals surface area contributed by atoms with E-state index in [-0.39, 0.29) is 11.6 Å². The monoisotopic (exact) mass is 311 g/mol. The van der Waals surface area contributed by atoms with Crippen LogP contribution in [0.15, 0.2) is 18.2 Å². The molecular weight excluding hydrogens is 290 g/mol. The first-order valence-electron chi connectivity index (χ1n) is 7.25. The smallest absolute Gasteiger partial charge is 0.335 e. The minimum absolute atomic E-state index is 0.000992. The molecule has 1 aliphatic carbocycles. The summed E-state index contributed by atoms with van der Waals surface area (Å²) in [4.78, 5) is 11.1. The van der Waals surface area contributed by atoms with E-state index >= 15 is 0 Å². The summed E-state index contributed by atoms with van der Waals surface area (Å²) >= 11 is -1.98. The normalized spacial score (nSPS) is 19.3. The number of aryl methyl sites for hydroxylation is 1. The van der Waals surface area contributed by atoms with Crippen LogP contribution in [-0.4, -0.2) is 36.7 Å². The Kier molecular flexibility index (Phi) is 5.50. The van der Waals surface area contributed by atoms with Crippen LogP contribution in [0.25, 0.3) is 0 Å². The number of hydrogen-bond acceptors (Lipinski definition) is 2. The molecule has 0 aliphatic heterocycles. The Bertz CT molecular complexity index is 546. The minimum atomic E-state index is -1.98. The van der Waals surface area contributed by atoms with Crippen molar-refractivity contribution in [3.8, 4) is 0 Å². The van der Waals surface area contributed by atoms with Crippen molar-refractivity contribution in [1.29, 1.82) is 0 Å². The average Bonchev–Trinajstić information content (AvgIpc) is 2.46. The van der Waals surface area contributed by atoms with Crippen molar-refractivity contribution in [1.82, 2.24) is 4.31 Å². The van der Waals surface area contributed by atoms with E-state index in [0.29, 0.717) is 13.0 Å². The number of rotatable bonds is 6. The first-order chi connectivity index (χ1) is 10.0. The fraction of sp³-hybridized carbons (Fsp3) is 0.533. The summed E-state index contributed by atoms with van der Waals surface area (Å²) in [7, 11) is 0. The molecule has 0 spiro atoms. The van der Waals surface area contributed by atoms with Crippen LogP contribution in [0.5, 0.6) is 0 Å². The summed E-state index contributed by atoms with van der Waals surface area (Å²) in [6.45, 7) is 2.64. The van der Waals surface area contributed by atoms with E-state index in [1.54, 1.807) is 16.4 Å². The van der Waals surface area contributed by atoms with Gasteiger partial charge in [-0.1, -0.05) is 19.4 Å². The maximum atomic E-state index is 11.5. The minimum Gasteiger partial charge on any atom is -0.478 e. The molecule has 2 rings (SSSR count). The van der Waals surface area contributed by atoms with E-state index in [1.807, 2.05) is 13.0 Å². The van der Waals surface area contributed by atoms with Crippen LogP contribution < -0.4 is 0 Å². The van der Waals surface area contributed by atoms with Gasteiger partial charge in [0.2, 0.25) is 11.3 Å². The van der Waals surface area contributed by atoms with Gasteiger partial charge in [-0.05, 0) is 48.9 Å². The summed E-state index contributed by atoms with van der Waals surface area (Å²) < 4.78 is 22.6. The molecule has 21 heavy (non-hydrogen) atoms. The molecule has 2 N–H and O–H groups in total. The Hall–Kier alpha value is -1.24. The highest BCUT2D eigenvalue weighted by Gasteiger charge is 2.27. The van der Waals surface area contributed by atoms with Crippen molar-refractivity contribution < 1.29 is 18.7 Å². The summed E-state index contributed by atoms with van der Waals surface area (Å²) in [5, 5.41) is 9.07. The molecule has 0 amide bonds. The van der Waals surface area contributed by atoms with Gasteiger partial charge in [0, 0.05) is 12.6 Å². The number of benzene rings is 1. The van der Waals surface area contributed by atoms with Crippen LogP contribution in [0, 0.1) is 0 Å². The number of unbranched alkanes of at least 4 members (excludes halogenated alkanes) is 1. The van der Waals surface area contributed by atoms with Gasteiger partial charge < -0.3 is 5.11 Å². The highest BCUT2D eigenvalue weighted by molar-refractivity contribution is 7.76. The number of nitrogens with zero attached hydrogens (tertiary/aromatic N) is 1. The van der Waals surface area contributed by atoms with Gasteiger partial charge in [-0.2, -0.15) is 4.31 Å². The SMILES string of the molecule is CCCCN(C1CCc2ccc(C(=O)O)cc2C1)S(=O)O. The molecule has 0 saturated heterocycles. The molecule has 6 heteroatoms. The number of carboxylic acids is 1. The number of aromatic carboxylic acids is 1. The molecule has 0 radical (unpaired) electrons. The second kappa shape index (κ2) is 7.15. The fourth-order valence-corrected chi connectivity index (χ4v) is 3.54. The van der Waals surface area contributed by atoms with Gasteiger partial charge in [0.25, 0.3) is 0 Å². The lowest BCUT2D eigenvalue weighted by Gasteiger charge is -2.32. The fourth-order valence-electron chi connectivity index (χ4n) is 2.82. The second-order valence-corrected chi connectivity index (χ2v) is 6.34. The van der Waals surface area contributed by atoms with Gasteiger partial charge in [0.15, 0.2) is 0 Å². The number of carboxylic acid groups (broad SMARTS) is 1. The zero-order valence-corrected chi connectivity index (χ0v) is 12.9. The standard InChI is InChI=1S/C15H21NO4S/c1-2-3-8-16(21(19)20)14-7-6-11-4-5-12(15(17)18)9-13(11)10-14/h4-5,9,14H,2-3,6-8,10H2,1H3,(H,17,18)(H,19,20). The van der Waals surface area contributed by atoms with Crippen LogP contribution in [0.2, 0.25) is 0 Å². The van der Waals surface area contributed by atoms with E-state index in [4.69, 9.17) is 5.11 Å². The molecule has 0 fully saturated rings. The average molecular weight is 311 g/mol. The van der Waals surface area contributed by atoms with Crippen LogP contribution >= 0.6 is 0 Å². The molecule has 1 aromatic rings. The van der Waals surface area contributed by atoms with Crippen molar-refractivity contribution in [2.45, 2.75) is 45.1 Å². The largest absolute Gasteiger partial charge is 0.478 e. The Balaban J connectivity index is 2.17. The van der Waals surface area contributed by atoms with Gasteiger partial charge >= 0.3 is 5.97 Å². The second-order valence-electron chi connectivity index (χ2n) is 5.41. The Labute approximate surface area is 127 Å². The van der Waals surface area contributed by atoms with Crippen molar-refractivity contribution in [2.75, 3.05) is 6.54 Å². The van der Waals surface area contributed by atoms with E-state index in [9.17, 15) is 13.6 Å². The molecule has 0 saturated carbocycles. The molecule has 2 unspecified atom stereocenters. The predicted molar refractivity (Wildman–Crippen MR) is 81.6 cm³/mol. The highest BCUT2D eigenvalue weighted by atomic mass is 32.2. The van der Waals surface area contributed by atoms with Crippen LogP contribution in [0.1, 0.15) is 47.7 Å². The molecule has 2 atom stereocenters. The third-order valence-corrected chi connectivity index (χ3v) is 4.88. The Morgan fingerprint density at radius 1 is 1.43 bits per heavy atom. The Morgan fingerprint density at radius 2 is 2.19 bits per heavy atom. The van der Waals surface area contributed by atoms with Gasteiger partial charge in [0.1, 0.15) is 0 Å². The van der Waals surface area contributed by atoms with Crippen molar-refractivity contribution in [3.63, 3.8) is 0 Å². The van der Waals surface area contributed by atoms with E-state index < -0.39 is 17.2 Å². The molecule has 0 bridgehead atoms. The molecule has 1 aliphatic rings. The van der Waals surface area contributed by atoms with Gasteiger partial charge in [-0.25, -0.2) is 9.00 Å². The van der Waals surface area contributed by atoms with Crippen molar-refractivity contribution >= 4 is 17.2 Å². The van der Waals surface area contributed by atoms with Crippen molar-refractivity contribution in [2.24, 2.45) is 0 Å². The number of carbonyl (C=O) groups is 1. The van der Waals surface area contributed by atoms with Gasteiger partial charge in [-0.15, -0.1) is 0 Å². The molecule has 0 aromatic heterocycles. The summed E-state index contributed by atoms with van der Waals surface area (Å²) in [6, 6.07) is 5.18. The maximum absolute atomic E-state index is 11.5. The van der Waals surface area contributed by atoms with Crippen LogP contribution in [-0.2, 0) is 24.1 Å². The molecule has 116 valence electrons. The highest BCUT2D eigenvalue weighted by Crippen LogP contribution is 2.26. The van der Waals surface area contributed by atoms with Crippen molar-refractivity contribution in [3.05, 3.63) is 34.9 Å². The van der Waals surface area contributed by atoms with E-state index in [1.165, 1.54) is 0 Å². The van der Waals surface area contributed by atoms with Gasteiger partial charge in [0.05, 0.1) is 5.56 Å². The quantitative estimate of drug-likeness (QED) is 0.791. The van der Waals surface area contributed by atoms with Gasteiger partial charge in [-0.3, -0.25) is 4.55 Å². The summed E-state index contributed by atoms with van der Waals surface area (Å²) in [5.74, 6) is -0.937. The summed E-state index contributed by atoms with van der Waals surface area (Å²) in [6.07, 6.45) is 4.13. The zero-order valence-electron chi connectivity index (χ0n) is 12.1. The number of fused-ring (bicyclic) bond motifs is 1. The van der Waals surface area contributed by atoms with Crippen LogP contribution in [0.4, 0.5) is 0 Å². The number of hydrogen-bond donors (Lipinski definition) is 2.